The van der Waals surface area contributed by atoms with Crippen molar-refractivity contribution >= 4 is 55.5 Å². The van der Waals surface area contributed by atoms with Crippen LogP contribution >= 0.6 is 22.9 Å². The molecule has 0 fully saturated rings. The molecular weight excluding hydrogens is 528 g/mol. The number of fused-ring (bicyclic) bond motifs is 1. The van der Waals surface area contributed by atoms with Crippen molar-refractivity contribution in [1.82, 2.24) is 14.3 Å². The number of benzene rings is 2. The van der Waals surface area contributed by atoms with Crippen molar-refractivity contribution in [2.24, 2.45) is 10.2 Å². The highest BCUT2D eigenvalue weighted by molar-refractivity contribution is 7.92. The third-order valence-electron chi connectivity index (χ3n) is 4.64. The summed E-state index contributed by atoms with van der Waals surface area (Å²) in [4.78, 5) is 40.1. The van der Waals surface area contributed by atoms with Crippen molar-refractivity contribution in [3.63, 3.8) is 0 Å². The Labute approximate surface area is 203 Å². The summed E-state index contributed by atoms with van der Waals surface area (Å²) < 4.78 is 56.2. The van der Waals surface area contributed by atoms with Gasteiger partial charge in [0.1, 0.15) is 9.90 Å². The van der Waals surface area contributed by atoms with Crippen LogP contribution in [0.1, 0.15) is 10.4 Å². The van der Waals surface area contributed by atoms with Crippen molar-refractivity contribution in [2.45, 2.75) is 4.21 Å². The van der Waals surface area contributed by atoms with Crippen molar-refractivity contribution in [2.75, 3.05) is 7.05 Å². The zero-order chi connectivity index (χ0) is 25.5. The number of carbonyl (C=O) groups is 1. The summed E-state index contributed by atoms with van der Waals surface area (Å²) in [7, 11) is -2.93. The molecule has 0 spiro atoms. The Hall–Kier alpha value is -3.75. The summed E-state index contributed by atoms with van der Waals surface area (Å²) in [6.45, 7) is 0. The number of thiophene rings is 1. The highest BCUT2D eigenvalue weighted by Gasteiger charge is 2.24. The van der Waals surface area contributed by atoms with E-state index in [2.05, 4.69) is 15.2 Å². The second-order valence-electron chi connectivity index (χ2n) is 6.88. The van der Waals surface area contributed by atoms with E-state index >= 15 is 0 Å². The van der Waals surface area contributed by atoms with Crippen LogP contribution in [0.3, 0.4) is 0 Å². The quantitative estimate of drug-likeness (QED) is 0.373. The largest absolute Gasteiger partial charge is 0.333 e. The zero-order valence-electron chi connectivity index (χ0n) is 17.4. The van der Waals surface area contributed by atoms with Gasteiger partial charge in [0.25, 0.3) is 21.5 Å². The minimum atomic E-state index is -4.36. The molecule has 0 aliphatic rings. The second kappa shape index (κ2) is 9.13. The topological polar surface area (TPSA) is 143 Å². The molecule has 0 bridgehead atoms. The van der Waals surface area contributed by atoms with Gasteiger partial charge in [-0.15, -0.1) is 11.3 Å². The normalized spacial score (nSPS) is 11.9. The van der Waals surface area contributed by atoms with Gasteiger partial charge in [0, 0.05) is 12.6 Å². The molecule has 0 unspecified atom stereocenters. The Kier molecular flexibility index (Phi) is 6.36. The Morgan fingerprint density at radius 1 is 1.11 bits per heavy atom. The van der Waals surface area contributed by atoms with Crippen molar-refractivity contribution in [3.8, 4) is 5.69 Å². The van der Waals surface area contributed by atoms with Gasteiger partial charge in [-0.1, -0.05) is 11.6 Å². The van der Waals surface area contributed by atoms with E-state index in [1.807, 2.05) is 0 Å². The smallest absolute Gasteiger partial charge is 0.306 e. The Morgan fingerprint density at radius 3 is 2.40 bits per heavy atom. The maximum absolute atomic E-state index is 14.9. The average molecular weight is 540 g/mol. The molecule has 0 atom stereocenters. The summed E-state index contributed by atoms with van der Waals surface area (Å²) in [5, 5.41) is 7.30. The number of nitrogens with one attached hydrogen (secondary N) is 2. The number of sulfonamides is 1. The second-order valence-corrected chi connectivity index (χ2v) is 10.5. The molecule has 15 heteroatoms. The van der Waals surface area contributed by atoms with Gasteiger partial charge in [0.2, 0.25) is 0 Å². The van der Waals surface area contributed by atoms with Gasteiger partial charge in [-0.25, -0.2) is 31.3 Å². The number of halogens is 3. The first-order valence-corrected chi connectivity index (χ1v) is 12.1. The predicted molar refractivity (Wildman–Crippen MR) is 125 cm³/mol. The zero-order valence-corrected chi connectivity index (χ0v) is 19.8. The molecule has 0 aliphatic heterocycles. The highest BCUT2D eigenvalue weighted by Crippen LogP contribution is 2.26. The summed E-state index contributed by atoms with van der Waals surface area (Å²) >= 11 is 6.37. The molecule has 2 aromatic heterocycles. The summed E-state index contributed by atoms with van der Waals surface area (Å²) in [6.07, 6.45) is 0. The van der Waals surface area contributed by atoms with Gasteiger partial charge in [0.15, 0.2) is 11.6 Å². The molecule has 4 rings (SSSR count). The molecular formula is C20H12ClF2N5O5S2. The van der Waals surface area contributed by atoms with E-state index in [0.717, 1.165) is 6.07 Å². The van der Waals surface area contributed by atoms with E-state index in [9.17, 15) is 31.6 Å². The number of hydrogen-bond donors (Lipinski definition) is 2. The van der Waals surface area contributed by atoms with E-state index in [1.54, 1.807) is 4.72 Å². The molecule has 0 saturated heterocycles. The van der Waals surface area contributed by atoms with Gasteiger partial charge >= 0.3 is 5.69 Å². The molecule has 2 N–H and O–H groups in total. The van der Waals surface area contributed by atoms with Crippen LogP contribution in [0.4, 0.5) is 14.5 Å². The number of amides is 1. The molecule has 180 valence electrons. The van der Waals surface area contributed by atoms with Gasteiger partial charge in [0.05, 0.1) is 20.9 Å². The molecule has 4 aromatic rings. The minimum absolute atomic E-state index is 0.0665. The maximum Gasteiger partial charge on any atom is 0.333 e. The van der Waals surface area contributed by atoms with Crippen molar-refractivity contribution < 1.29 is 22.0 Å². The number of hydrogen-bond acceptors (Lipinski definition) is 8. The molecule has 10 nitrogen and oxygen atoms in total. The maximum atomic E-state index is 14.9. The third kappa shape index (κ3) is 4.62. The molecule has 2 aromatic carbocycles. The number of H-pyrrole nitrogens is 1. The molecule has 0 aliphatic carbocycles. The number of nitrogens with zero attached hydrogens (tertiary/aromatic N) is 3. The number of aromatic amines is 1. The van der Waals surface area contributed by atoms with Crippen LogP contribution in [-0.2, 0) is 10.0 Å². The Balaban J connectivity index is 1.76. The highest BCUT2D eigenvalue weighted by atomic mass is 35.5. The molecule has 35 heavy (non-hydrogen) atoms. The number of rotatable bonds is 5. The fraction of sp³-hybridized carbons (Fsp3) is 0.0500. The lowest BCUT2D eigenvalue weighted by atomic mass is 10.1. The van der Waals surface area contributed by atoms with Crippen LogP contribution in [0.2, 0.25) is 4.34 Å². The first kappa shape index (κ1) is 24.4. The van der Waals surface area contributed by atoms with Gasteiger partial charge in [-0.2, -0.15) is 10.2 Å². The van der Waals surface area contributed by atoms with E-state index in [1.165, 1.54) is 31.3 Å². The average Bonchev–Trinajstić information content (AvgIpc) is 3.22. The number of aromatic nitrogens is 2. The third-order valence-corrected chi connectivity index (χ3v) is 7.69. The van der Waals surface area contributed by atoms with Crippen LogP contribution in [-0.4, -0.2) is 30.9 Å². The van der Waals surface area contributed by atoms with Crippen LogP contribution in [0.15, 0.2) is 66.5 Å². The van der Waals surface area contributed by atoms with E-state index in [0.29, 0.717) is 29.2 Å². The van der Waals surface area contributed by atoms with Crippen LogP contribution < -0.4 is 16.0 Å². The van der Waals surface area contributed by atoms with Crippen LogP contribution in [0.25, 0.3) is 16.6 Å². The lowest BCUT2D eigenvalue weighted by Crippen LogP contribution is -2.35. The van der Waals surface area contributed by atoms with E-state index in [-0.39, 0.29) is 24.0 Å². The molecule has 1 amide bonds. The van der Waals surface area contributed by atoms with E-state index in [4.69, 9.17) is 11.6 Å². The van der Waals surface area contributed by atoms with Gasteiger partial charge < -0.3 is 4.98 Å². The number of azo groups is 1. The molecule has 0 saturated carbocycles. The van der Waals surface area contributed by atoms with Gasteiger partial charge in [-0.3, -0.25) is 9.59 Å². The first-order chi connectivity index (χ1) is 16.5. The Morgan fingerprint density at radius 2 is 1.80 bits per heavy atom. The van der Waals surface area contributed by atoms with Crippen LogP contribution in [0, 0.1) is 11.6 Å². The predicted octanol–water partition coefficient (Wildman–Crippen LogP) is 3.50. The minimum Gasteiger partial charge on any atom is -0.306 e. The van der Waals surface area contributed by atoms with Crippen LogP contribution in [0.5, 0.6) is 0 Å². The summed E-state index contributed by atoms with van der Waals surface area (Å²) in [6, 6.07) is 7.54. The fourth-order valence-electron chi connectivity index (χ4n) is 3.17. The van der Waals surface area contributed by atoms with E-state index < -0.39 is 50.1 Å². The lowest BCUT2D eigenvalue weighted by Gasteiger charge is -2.11. The molecule has 0 radical (unpaired) electrons. The fourth-order valence-corrected chi connectivity index (χ4v) is 5.63. The van der Waals surface area contributed by atoms with Crippen molar-refractivity contribution in [1.29, 1.82) is 0 Å². The van der Waals surface area contributed by atoms with Crippen molar-refractivity contribution in [3.05, 3.63) is 84.8 Å². The summed E-state index contributed by atoms with van der Waals surface area (Å²) in [5.41, 5.74) is -3.52. The standard InChI is InChI=1S/C20H12ClF2N5O5S2/c1-24-26-10-2-3-11-14(8-10)25-20(31)28(19(11)30)17-12(22)6-9(7-13(17)23)18(29)27-35(32,33)16-5-4-15(21)34-16/h2-8H,1H3,(H,25,31)(H,27,29). The summed E-state index contributed by atoms with van der Waals surface area (Å²) in [5.74, 6) is -4.23. The SMILES string of the molecule is CN=Nc1ccc2c(=O)n(-c3c(F)cc(C(=O)NS(=O)(=O)c4ccc(Cl)s4)cc3F)c(=O)[nH]c2c1. The monoisotopic (exact) mass is 539 g/mol. The molecule has 2 heterocycles. The Bertz CT molecular complexity index is 1740. The lowest BCUT2D eigenvalue weighted by molar-refractivity contribution is 0.0980. The first-order valence-electron chi connectivity index (χ1n) is 9.42. The van der Waals surface area contributed by atoms with Gasteiger partial charge in [-0.05, 0) is 42.5 Å². The number of carbonyl (C=O) groups excluding carboxylic acids is 1.